The van der Waals surface area contributed by atoms with Crippen LogP contribution in [-0.4, -0.2) is 17.4 Å². The fourth-order valence-electron chi connectivity index (χ4n) is 0.934. The van der Waals surface area contributed by atoms with Crippen LogP contribution in [0.1, 0.15) is 6.92 Å². The second-order valence-electron chi connectivity index (χ2n) is 3.08. The van der Waals surface area contributed by atoms with E-state index in [1.165, 1.54) is 4.90 Å². The summed E-state index contributed by atoms with van der Waals surface area (Å²) < 4.78 is 5.34. The van der Waals surface area contributed by atoms with Crippen LogP contribution in [0, 0.1) is 0 Å². The Morgan fingerprint density at radius 3 is 2.67 bits per heavy atom. The third-order valence-corrected chi connectivity index (χ3v) is 3.12. The highest BCUT2D eigenvalue weighted by Gasteiger charge is 1.98. The van der Waals surface area contributed by atoms with Crippen LogP contribution in [0.2, 0.25) is 0 Å². The second-order valence-corrected chi connectivity index (χ2v) is 4.62. The average Bonchev–Trinajstić information content (AvgIpc) is 2.25. The third-order valence-electron chi connectivity index (χ3n) is 1.68. The summed E-state index contributed by atoms with van der Waals surface area (Å²) in [6.45, 7) is 6.20. The quantitative estimate of drug-likeness (QED) is 0.335. The zero-order valence-corrected chi connectivity index (χ0v) is 10.4. The van der Waals surface area contributed by atoms with Crippen LogP contribution >= 0.6 is 24.0 Å². The molecule has 3 heteroatoms. The van der Waals surface area contributed by atoms with Crippen molar-refractivity contribution in [3.05, 3.63) is 42.5 Å². The predicted molar refractivity (Wildman–Crippen MR) is 70.5 cm³/mol. The van der Waals surface area contributed by atoms with E-state index in [1.807, 2.05) is 25.1 Å². The van der Waals surface area contributed by atoms with E-state index >= 15 is 0 Å². The first-order valence-corrected chi connectivity index (χ1v) is 6.10. The Bertz CT molecular complexity index is 333. The molecule has 1 aromatic rings. The van der Waals surface area contributed by atoms with Gasteiger partial charge in [-0.3, -0.25) is 0 Å². The summed E-state index contributed by atoms with van der Waals surface area (Å²) in [6.07, 6.45) is 0. The van der Waals surface area contributed by atoms with E-state index in [2.05, 4.69) is 18.7 Å². The molecule has 1 nitrogen and oxygen atoms in total. The van der Waals surface area contributed by atoms with Gasteiger partial charge in [-0.1, -0.05) is 24.8 Å². The van der Waals surface area contributed by atoms with E-state index in [0.29, 0.717) is 11.7 Å². The second kappa shape index (κ2) is 6.64. The highest BCUT2D eigenvalue weighted by atomic mass is 32.2. The van der Waals surface area contributed by atoms with Crippen molar-refractivity contribution in [1.29, 1.82) is 0 Å². The van der Waals surface area contributed by atoms with Crippen LogP contribution in [-0.2, 0) is 4.74 Å². The molecule has 15 heavy (non-hydrogen) atoms. The fraction of sp³-hybridized carbons (Fsp3) is 0.250. The van der Waals surface area contributed by atoms with E-state index in [-0.39, 0.29) is 0 Å². The molecule has 0 saturated heterocycles. The first-order valence-electron chi connectivity index (χ1n) is 4.70. The molecular weight excluding hydrogens is 224 g/mol. The molecule has 0 bridgehead atoms. The van der Waals surface area contributed by atoms with Crippen molar-refractivity contribution in [3.8, 4) is 0 Å². The van der Waals surface area contributed by atoms with Gasteiger partial charge in [-0.2, -0.15) is 0 Å². The van der Waals surface area contributed by atoms with Crippen LogP contribution in [0.5, 0.6) is 0 Å². The normalized spacial score (nSPS) is 9.67. The number of hydrogen-bond donors (Lipinski definition) is 0. The minimum absolute atomic E-state index is 0.517. The average molecular weight is 238 g/mol. The molecule has 0 N–H and O–H groups in total. The molecule has 0 atom stereocenters. The Balaban J connectivity index is 2.18. The van der Waals surface area contributed by atoms with E-state index < -0.39 is 0 Å². The van der Waals surface area contributed by atoms with Crippen LogP contribution in [0.3, 0.4) is 0 Å². The Morgan fingerprint density at radius 2 is 2.07 bits per heavy atom. The first-order chi connectivity index (χ1) is 7.20. The summed E-state index contributed by atoms with van der Waals surface area (Å²) in [5.74, 6) is 0.900. The number of hydrogen-bond acceptors (Lipinski definition) is 3. The van der Waals surface area contributed by atoms with Crippen molar-refractivity contribution >= 4 is 29.0 Å². The van der Waals surface area contributed by atoms with E-state index in [9.17, 15) is 0 Å². The molecule has 0 heterocycles. The number of benzene rings is 1. The van der Waals surface area contributed by atoms with Gasteiger partial charge in [0.25, 0.3) is 0 Å². The lowest BCUT2D eigenvalue weighted by Gasteiger charge is -2.06. The first kappa shape index (κ1) is 12.3. The van der Waals surface area contributed by atoms with Crippen molar-refractivity contribution in [2.75, 3.05) is 12.4 Å². The van der Waals surface area contributed by atoms with Gasteiger partial charge >= 0.3 is 0 Å². The van der Waals surface area contributed by atoms with Gasteiger partial charge in [0.05, 0.1) is 6.61 Å². The molecule has 0 spiro atoms. The van der Waals surface area contributed by atoms with Gasteiger partial charge in [0.1, 0.15) is 0 Å². The number of thioether (sulfide) groups is 1. The molecular formula is C12H14OS2. The van der Waals surface area contributed by atoms with Gasteiger partial charge < -0.3 is 4.74 Å². The summed E-state index contributed by atoms with van der Waals surface area (Å²) in [5.41, 5.74) is 0.815. The van der Waals surface area contributed by atoms with Crippen molar-refractivity contribution in [2.24, 2.45) is 0 Å². The number of ether oxygens (including phenoxy) is 1. The van der Waals surface area contributed by atoms with Crippen molar-refractivity contribution < 1.29 is 4.74 Å². The van der Waals surface area contributed by atoms with E-state index in [4.69, 9.17) is 17.0 Å². The molecule has 80 valence electrons. The van der Waals surface area contributed by atoms with Gasteiger partial charge in [-0.25, -0.2) is 0 Å². The van der Waals surface area contributed by atoms with Crippen molar-refractivity contribution in [3.63, 3.8) is 0 Å². The van der Waals surface area contributed by atoms with Crippen LogP contribution in [0.25, 0.3) is 0 Å². The zero-order valence-electron chi connectivity index (χ0n) is 8.73. The standard InChI is InChI=1S/C12H14OS2/c1-10(2)12(14)13-8-9-15-11-6-4-3-5-7-11/h3-7H,1,8-9H2,2H3. The molecule has 0 saturated carbocycles. The predicted octanol–water partition coefficient (Wildman–Crippen LogP) is 3.70. The highest BCUT2D eigenvalue weighted by molar-refractivity contribution is 7.99. The maximum Gasteiger partial charge on any atom is 0.186 e. The summed E-state index contributed by atoms with van der Waals surface area (Å²) in [7, 11) is 0. The van der Waals surface area contributed by atoms with Gasteiger partial charge in [0, 0.05) is 10.6 Å². The summed E-state index contributed by atoms with van der Waals surface area (Å²) >= 11 is 6.74. The summed E-state index contributed by atoms with van der Waals surface area (Å²) in [6, 6.07) is 10.2. The van der Waals surface area contributed by atoms with E-state index in [1.54, 1.807) is 11.8 Å². The Hall–Kier alpha value is -0.800. The monoisotopic (exact) mass is 238 g/mol. The maximum absolute atomic E-state index is 5.34. The molecule has 0 aliphatic carbocycles. The van der Waals surface area contributed by atoms with Gasteiger partial charge in [0.2, 0.25) is 0 Å². The van der Waals surface area contributed by atoms with Crippen LogP contribution < -0.4 is 0 Å². The lowest BCUT2D eigenvalue weighted by atomic mass is 10.4. The Labute approximate surface area is 101 Å². The Kier molecular flexibility index (Phi) is 5.43. The molecule has 1 aromatic carbocycles. The molecule has 0 aliphatic heterocycles. The smallest absolute Gasteiger partial charge is 0.186 e. The molecule has 0 aromatic heterocycles. The lowest BCUT2D eigenvalue weighted by molar-refractivity contribution is 0.340. The van der Waals surface area contributed by atoms with E-state index in [0.717, 1.165) is 11.3 Å². The highest BCUT2D eigenvalue weighted by Crippen LogP contribution is 2.16. The fourth-order valence-corrected chi connectivity index (χ4v) is 1.77. The van der Waals surface area contributed by atoms with Crippen molar-refractivity contribution in [1.82, 2.24) is 0 Å². The van der Waals surface area contributed by atoms with Crippen LogP contribution in [0.4, 0.5) is 0 Å². The molecule has 0 unspecified atom stereocenters. The molecule has 0 amide bonds. The van der Waals surface area contributed by atoms with Crippen molar-refractivity contribution in [2.45, 2.75) is 11.8 Å². The molecule has 0 radical (unpaired) electrons. The lowest BCUT2D eigenvalue weighted by Crippen LogP contribution is -2.05. The summed E-state index contributed by atoms with van der Waals surface area (Å²) in [4.78, 5) is 1.25. The molecule has 1 rings (SSSR count). The van der Waals surface area contributed by atoms with Crippen LogP contribution in [0.15, 0.2) is 47.4 Å². The topological polar surface area (TPSA) is 9.23 Å². The SMILES string of the molecule is C=C(C)C(=S)OCCSc1ccccc1. The molecule has 0 aliphatic rings. The largest absolute Gasteiger partial charge is 0.482 e. The number of thiocarbonyl (C=S) groups is 1. The number of rotatable bonds is 5. The Morgan fingerprint density at radius 1 is 1.40 bits per heavy atom. The zero-order chi connectivity index (χ0) is 11.1. The maximum atomic E-state index is 5.34. The molecule has 0 fully saturated rings. The van der Waals surface area contributed by atoms with Gasteiger partial charge in [-0.15, -0.1) is 11.8 Å². The van der Waals surface area contributed by atoms with Gasteiger partial charge in [0.15, 0.2) is 5.05 Å². The summed E-state index contributed by atoms with van der Waals surface area (Å²) in [5, 5.41) is 0.517. The minimum Gasteiger partial charge on any atom is -0.482 e. The van der Waals surface area contributed by atoms with Gasteiger partial charge in [-0.05, 0) is 36.8 Å². The third kappa shape index (κ3) is 5.00. The minimum atomic E-state index is 0.517.